The van der Waals surface area contributed by atoms with Crippen molar-refractivity contribution >= 4 is 5.91 Å². The molecule has 1 amide bonds. The zero-order chi connectivity index (χ0) is 13.1. The molecule has 0 aromatic carbocycles. The molecule has 0 saturated carbocycles. The summed E-state index contributed by atoms with van der Waals surface area (Å²) in [5.41, 5.74) is -0.207. The van der Waals surface area contributed by atoms with Crippen LogP contribution in [0.1, 0.15) is 46.4 Å². The lowest BCUT2D eigenvalue weighted by molar-refractivity contribution is -0.124. The molecule has 2 N–H and O–H groups in total. The van der Waals surface area contributed by atoms with E-state index in [9.17, 15) is 4.79 Å². The van der Waals surface area contributed by atoms with Crippen LogP contribution >= 0.6 is 0 Å². The van der Waals surface area contributed by atoms with E-state index in [0.717, 1.165) is 5.76 Å². The van der Waals surface area contributed by atoms with E-state index in [4.69, 9.17) is 4.42 Å². The molecule has 17 heavy (non-hydrogen) atoms. The monoisotopic (exact) mass is 238 g/mol. The summed E-state index contributed by atoms with van der Waals surface area (Å²) in [6.45, 7) is 9.72. The van der Waals surface area contributed by atoms with Crippen LogP contribution in [0.4, 0.5) is 0 Å². The molecule has 2 unspecified atom stereocenters. The molecule has 2 atom stereocenters. The minimum Gasteiger partial charge on any atom is -0.468 e. The number of hydrogen-bond donors (Lipinski definition) is 2. The summed E-state index contributed by atoms with van der Waals surface area (Å²) >= 11 is 0. The van der Waals surface area contributed by atoms with Crippen molar-refractivity contribution in [2.75, 3.05) is 0 Å². The van der Waals surface area contributed by atoms with Gasteiger partial charge < -0.3 is 9.73 Å². The average Bonchev–Trinajstić information content (AvgIpc) is 2.67. The van der Waals surface area contributed by atoms with E-state index in [0.29, 0.717) is 0 Å². The summed E-state index contributed by atoms with van der Waals surface area (Å²) in [5.74, 6) is 0.830. The number of carbonyl (C=O) groups is 1. The molecular formula is C13H22N2O2. The Balaban J connectivity index is 2.49. The Morgan fingerprint density at radius 1 is 1.35 bits per heavy atom. The molecule has 0 aliphatic heterocycles. The number of rotatable bonds is 4. The van der Waals surface area contributed by atoms with Crippen LogP contribution < -0.4 is 10.6 Å². The standard InChI is InChI=1S/C13H22N2O2/c1-9(11-7-6-8-17-11)14-10(2)12(16)15-13(3,4)5/h6-10,14H,1-5H3,(H,15,16). The van der Waals surface area contributed by atoms with Gasteiger partial charge in [-0.05, 0) is 46.8 Å². The molecule has 1 aromatic heterocycles. The predicted octanol–water partition coefficient (Wildman–Crippen LogP) is 2.23. The number of carbonyl (C=O) groups excluding carboxylic acids is 1. The van der Waals surface area contributed by atoms with E-state index in [2.05, 4.69) is 10.6 Å². The summed E-state index contributed by atoms with van der Waals surface area (Å²) in [6, 6.07) is 3.50. The van der Waals surface area contributed by atoms with Gasteiger partial charge in [-0.1, -0.05) is 0 Å². The van der Waals surface area contributed by atoms with Gasteiger partial charge in [0.25, 0.3) is 0 Å². The number of furan rings is 1. The minimum absolute atomic E-state index is 0.00379. The van der Waals surface area contributed by atoms with Gasteiger partial charge in [-0.15, -0.1) is 0 Å². The minimum atomic E-state index is -0.255. The maximum atomic E-state index is 11.9. The number of nitrogens with one attached hydrogen (secondary N) is 2. The first-order valence-corrected chi connectivity index (χ1v) is 5.91. The molecule has 1 rings (SSSR count). The fourth-order valence-corrected chi connectivity index (χ4v) is 1.55. The van der Waals surface area contributed by atoms with Crippen LogP contribution in [0.3, 0.4) is 0 Å². The quantitative estimate of drug-likeness (QED) is 0.845. The van der Waals surface area contributed by atoms with Crippen LogP contribution in [-0.2, 0) is 4.79 Å². The molecule has 1 aromatic rings. The van der Waals surface area contributed by atoms with Gasteiger partial charge in [-0.25, -0.2) is 0 Å². The predicted molar refractivity (Wildman–Crippen MR) is 67.6 cm³/mol. The number of hydrogen-bond acceptors (Lipinski definition) is 3. The van der Waals surface area contributed by atoms with Crippen LogP contribution in [0.5, 0.6) is 0 Å². The Labute approximate surface area is 103 Å². The van der Waals surface area contributed by atoms with Crippen molar-refractivity contribution in [1.82, 2.24) is 10.6 Å². The van der Waals surface area contributed by atoms with Gasteiger partial charge in [0.15, 0.2) is 0 Å². The van der Waals surface area contributed by atoms with Gasteiger partial charge in [-0.2, -0.15) is 0 Å². The SMILES string of the molecule is CC(NC(C)c1ccco1)C(=O)NC(C)(C)C. The molecule has 4 heteroatoms. The topological polar surface area (TPSA) is 54.3 Å². The molecule has 0 bridgehead atoms. The van der Waals surface area contributed by atoms with Crippen molar-refractivity contribution in [3.63, 3.8) is 0 Å². The van der Waals surface area contributed by atoms with E-state index in [1.807, 2.05) is 46.8 Å². The summed E-state index contributed by atoms with van der Waals surface area (Å²) in [4.78, 5) is 11.9. The summed E-state index contributed by atoms with van der Waals surface area (Å²) in [6.07, 6.45) is 1.63. The summed E-state index contributed by atoms with van der Waals surface area (Å²) < 4.78 is 5.28. The zero-order valence-electron chi connectivity index (χ0n) is 11.2. The summed E-state index contributed by atoms with van der Waals surface area (Å²) in [5, 5.41) is 6.14. The average molecular weight is 238 g/mol. The van der Waals surface area contributed by atoms with Crippen molar-refractivity contribution in [2.24, 2.45) is 0 Å². The van der Waals surface area contributed by atoms with Gasteiger partial charge in [-0.3, -0.25) is 10.1 Å². The Bertz CT molecular complexity index is 352. The van der Waals surface area contributed by atoms with E-state index < -0.39 is 0 Å². The Hall–Kier alpha value is -1.29. The highest BCUT2D eigenvalue weighted by molar-refractivity contribution is 5.81. The zero-order valence-corrected chi connectivity index (χ0v) is 11.2. The van der Waals surface area contributed by atoms with Crippen molar-refractivity contribution < 1.29 is 9.21 Å². The fourth-order valence-electron chi connectivity index (χ4n) is 1.55. The van der Waals surface area contributed by atoms with E-state index in [1.165, 1.54) is 0 Å². The highest BCUT2D eigenvalue weighted by atomic mass is 16.3. The third-order valence-corrected chi connectivity index (χ3v) is 2.36. The highest BCUT2D eigenvalue weighted by Crippen LogP contribution is 2.13. The summed E-state index contributed by atoms with van der Waals surface area (Å²) in [7, 11) is 0. The second-order valence-corrected chi connectivity index (χ2v) is 5.36. The maximum absolute atomic E-state index is 11.9. The van der Waals surface area contributed by atoms with Gasteiger partial charge in [0.1, 0.15) is 5.76 Å². The Morgan fingerprint density at radius 2 is 2.00 bits per heavy atom. The van der Waals surface area contributed by atoms with Crippen LogP contribution in [0.25, 0.3) is 0 Å². The van der Waals surface area contributed by atoms with E-state index in [1.54, 1.807) is 6.26 Å². The number of amides is 1. The molecule has 4 nitrogen and oxygen atoms in total. The van der Waals surface area contributed by atoms with Crippen LogP contribution in [-0.4, -0.2) is 17.5 Å². The molecule has 0 spiro atoms. The largest absolute Gasteiger partial charge is 0.468 e. The Morgan fingerprint density at radius 3 is 2.47 bits per heavy atom. The molecule has 0 saturated heterocycles. The molecule has 0 fully saturated rings. The first kappa shape index (κ1) is 13.8. The van der Waals surface area contributed by atoms with Crippen LogP contribution in [0, 0.1) is 0 Å². The molecular weight excluding hydrogens is 216 g/mol. The first-order valence-electron chi connectivity index (χ1n) is 5.91. The first-order chi connectivity index (χ1) is 7.79. The van der Waals surface area contributed by atoms with Crippen LogP contribution in [0.15, 0.2) is 22.8 Å². The maximum Gasteiger partial charge on any atom is 0.237 e. The van der Waals surface area contributed by atoms with Crippen molar-refractivity contribution in [3.05, 3.63) is 24.2 Å². The fraction of sp³-hybridized carbons (Fsp3) is 0.615. The van der Waals surface area contributed by atoms with Gasteiger partial charge in [0.2, 0.25) is 5.91 Å². The van der Waals surface area contributed by atoms with Crippen molar-refractivity contribution in [1.29, 1.82) is 0 Å². The normalized spacial score (nSPS) is 15.4. The van der Waals surface area contributed by atoms with Crippen molar-refractivity contribution in [2.45, 2.75) is 52.2 Å². The van der Waals surface area contributed by atoms with Gasteiger partial charge in [0, 0.05) is 5.54 Å². The van der Waals surface area contributed by atoms with Gasteiger partial charge >= 0.3 is 0 Å². The Kier molecular flexibility index (Phi) is 4.34. The lowest BCUT2D eigenvalue weighted by Crippen LogP contribution is -2.49. The molecule has 1 heterocycles. The molecule has 0 aliphatic carbocycles. The van der Waals surface area contributed by atoms with Crippen LogP contribution in [0.2, 0.25) is 0 Å². The second-order valence-electron chi connectivity index (χ2n) is 5.36. The molecule has 0 aliphatic rings. The van der Waals surface area contributed by atoms with E-state index >= 15 is 0 Å². The highest BCUT2D eigenvalue weighted by Gasteiger charge is 2.21. The molecule has 96 valence electrons. The second kappa shape index (κ2) is 5.36. The molecule has 0 radical (unpaired) electrons. The van der Waals surface area contributed by atoms with Crippen molar-refractivity contribution in [3.8, 4) is 0 Å². The third-order valence-electron chi connectivity index (χ3n) is 2.36. The van der Waals surface area contributed by atoms with Gasteiger partial charge in [0.05, 0.1) is 18.3 Å². The lowest BCUT2D eigenvalue weighted by atomic mass is 10.1. The smallest absolute Gasteiger partial charge is 0.237 e. The lowest BCUT2D eigenvalue weighted by Gasteiger charge is -2.25. The third kappa shape index (κ3) is 4.61. The van der Waals surface area contributed by atoms with E-state index in [-0.39, 0.29) is 23.5 Å².